The standard InChI is InChI=1S/C42H22N2O/c1-44-41-33-17-8-6-15-31(33)39(32-16-7-9-18-34(32)41)25-21-22-28-35-19-10-20-36(42(35)45-38(28)23-25)40-29-13-4-2-11-26(29)37(24-43)27-12-3-5-14-30(27)40/h2-23H. The van der Waals surface area contributed by atoms with Crippen molar-refractivity contribution in [3.63, 3.8) is 0 Å². The van der Waals surface area contributed by atoms with Gasteiger partial charge in [0.1, 0.15) is 17.2 Å². The first kappa shape index (κ1) is 25.1. The van der Waals surface area contributed by atoms with Crippen LogP contribution in [-0.4, -0.2) is 0 Å². The van der Waals surface area contributed by atoms with Crippen molar-refractivity contribution in [1.82, 2.24) is 0 Å². The molecule has 0 spiro atoms. The van der Waals surface area contributed by atoms with Gasteiger partial charge in [-0.15, -0.1) is 0 Å². The van der Waals surface area contributed by atoms with E-state index >= 15 is 0 Å². The molecule has 9 aromatic rings. The van der Waals surface area contributed by atoms with Crippen molar-refractivity contribution in [3.8, 4) is 28.3 Å². The summed E-state index contributed by atoms with van der Waals surface area (Å²) in [6, 6.07) is 47.9. The van der Waals surface area contributed by atoms with E-state index in [1.807, 2.05) is 72.8 Å². The van der Waals surface area contributed by atoms with Crippen molar-refractivity contribution in [2.24, 2.45) is 0 Å². The molecule has 0 saturated heterocycles. The van der Waals surface area contributed by atoms with Crippen molar-refractivity contribution >= 4 is 70.7 Å². The molecule has 0 fully saturated rings. The van der Waals surface area contributed by atoms with Gasteiger partial charge >= 0.3 is 0 Å². The highest BCUT2D eigenvalue weighted by Crippen LogP contribution is 2.46. The smallest absolute Gasteiger partial charge is 0.202 e. The van der Waals surface area contributed by atoms with E-state index in [4.69, 9.17) is 11.0 Å². The largest absolute Gasteiger partial charge is 0.455 e. The highest BCUT2D eigenvalue weighted by Gasteiger charge is 2.20. The van der Waals surface area contributed by atoms with Gasteiger partial charge in [0.05, 0.1) is 12.1 Å². The Kier molecular flexibility index (Phi) is 5.33. The molecule has 0 aliphatic carbocycles. The Labute approximate surface area is 258 Å². The molecule has 9 rings (SSSR count). The number of para-hydroxylation sites is 1. The first-order chi connectivity index (χ1) is 22.3. The Morgan fingerprint density at radius 2 is 1.02 bits per heavy atom. The minimum Gasteiger partial charge on any atom is -0.455 e. The lowest BCUT2D eigenvalue weighted by Gasteiger charge is -2.14. The van der Waals surface area contributed by atoms with Gasteiger partial charge in [0.2, 0.25) is 5.69 Å². The van der Waals surface area contributed by atoms with Gasteiger partial charge < -0.3 is 4.42 Å². The molecule has 0 saturated carbocycles. The van der Waals surface area contributed by atoms with E-state index in [1.165, 1.54) is 0 Å². The third kappa shape index (κ3) is 3.50. The predicted octanol–water partition coefficient (Wildman–Crippen LogP) is 12.0. The Morgan fingerprint density at radius 1 is 0.511 bits per heavy atom. The monoisotopic (exact) mass is 570 g/mol. The van der Waals surface area contributed by atoms with E-state index in [9.17, 15) is 5.26 Å². The first-order valence-electron chi connectivity index (χ1n) is 14.9. The summed E-state index contributed by atoms with van der Waals surface area (Å²) in [5.41, 5.74) is 7.21. The fourth-order valence-electron chi connectivity index (χ4n) is 7.23. The molecule has 8 aromatic carbocycles. The Morgan fingerprint density at radius 3 is 1.58 bits per heavy atom. The average molecular weight is 571 g/mol. The topological polar surface area (TPSA) is 41.3 Å². The molecule has 0 N–H and O–H groups in total. The number of nitrogens with zero attached hydrogens (tertiary/aromatic N) is 2. The van der Waals surface area contributed by atoms with Crippen LogP contribution in [-0.2, 0) is 0 Å². The molecule has 1 aromatic heterocycles. The van der Waals surface area contributed by atoms with Gasteiger partial charge in [-0.2, -0.15) is 5.26 Å². The molecule has 45 heavy (non-hydrogen) atoms. The molecule has 0 radical (unpaired) electrons. The van der Waals surface area contributed by atoms with Crippen molar-refractivity contribution < 1.29 is 4.42 Å². The number of fused-ring (bicyclic) bond motifs is 7. The molecule has 0 aliphatic heterocycles. The highest BCUT2D eigenvalue weighted by molar-refractivity contribution is 6.23. The third-order valence-corrected chi connectivity index (χ3v) is 9.11. The third-order valence-electron chi connectivity index (χ3n) is 9.11. The molecule has 1 heterocycles. The normalized spacial score (nSPS) is 11.5. The summed E-state index contributed by atoms with van der Waals surface area (Å²) < 4.78 is 6.81. The minimum absolute atomic E-state index is 0.682. The van der Waals surface area contributed by atoms with E-state index in [-0.39, 0.29) is 0 Å². The van der Waals surface area contributed by atoms with Crippen molar-refractivity contribution in [2.45, 2.75) is 0 Å². The number of hydrogen-bond acceptors (Lipinski definition) is 2. The lowest BCUT2D eigenvalue weighted by molar-refractivity contribution is 0.670. The number of benzene rings is 8. The lowest BCUT2D eigenvalue weighted by Crippen LogP contribution is -1.90. The maximum Gasteiger partial charge on any atom is 0.202 e. The summed E-state index contributed by atoms with van der Waals surface area (Å²) in [4.78, 5) is 3.95. The van der Waals surface area contributed by atoms with Gasteiger partial charge in [-0.25, -0.2) is 4.85 Å². The Hall–Kier alpha value is -6.42. The lowest BCUT2D eigenvalue weighted by atomic mass is 9.88. The van der Waals surface area contributed by atoms with Crippen LogP contribution in [0.5, 0.6) is 0 Å². The van der Waals surface area contributed by atoms with Crippen LogP contribution in [0.4, 0.5) is 5.69 Å². The quantitative estimate of drug-likeness (QED) is 0.153. The summed E-state index contributed by atoms with van der Waals surface area (Å²) in [6.07, 6.45) is 0. The van der Waals surface area contributed by atoms with Crippen molar-refractivity contribution in [3.05, 3.63) is 150 Å². The number of furan rings is 1. The summed E-state index contributed by atoms with van der Waals surface area (Å²) >= 11 is 0. The van der Waals surface area contributed by atoms with E-state index in [1.54, 1.807) is 0 Å². The maximum absolute atomic E-state index is 10.2. The van der Waals surface area contributed by atoms with Gasteiger partial charge in [-0.05, 0) is 55.6 Å². The zero-order chi connectivity index (χ0) is 30.1. The fourth-order valence-corrected chi connectivity index (χ4v) is 7.23. The molecule has 3 heteroatoms. The number of nitriles is 1. The van der Waals surface area contributed by atoms with Gasteiger partial charge in [-0.3, -0.25) is 0 Å². The first-order valence-corrected chi connectivity index (χ1v) is 14.9. The van der Waals surface area contributed by atoms with Gasteiger partial charge in [0.25, 0.3) is 0 Å². The zero-order valence-electron chi connectivity index (χ0n) is 24.0. The second kappa shape index (κ2) is 9.55. The van der Waals surface area contributed by atoms with Crippen LogP contribution < -0.4 is 0 Å². The summed E-state index contributed by atoms with van der Waals surface area (Å²) in [6.45, 7) is 7.96. The molecule has 0 amide bonds. The fraction of sp³-hybridized carbons (Fsp3) is 0. The summed E-state index contributed by atoms with van der Waals surface area (Å²) in [5, 5.41) is 20.2. The second-order valence-corrected chi connectivity index (χ2v) is 11.4. The van der Waals surface area contributed by atoms with Crippen LogP contribution in [0.25, 0.3) is 92.1 Å². The van der Waals surface area contributed by atoms with E-state index < -0.39 is 0 Å². The van der Waals surface area contributed by atoms with E-state index in [0.717, 1.165) is 87.3 Å². The van der Waals surface area contributed by atoms with Crippen LogP contribution in [0.1, 0.15) is 5.56 Å². The maximum atomic E-state index is 10.2. The molecular weight excluding hydrogens is 548 g/mol. The Bertz CT molecular complexity index is 2680. The zero-order valence-corrected chi connectivity index (χ0v) is 24.0. The van der Waals surface area contributed by atoms with Gasteiger partial charge in [-0.1, -0.05) is 121 Å². The van der Waals surface area contributed by atoms with Crippen LogP contribution >= 0.6 is 0 Å². The van der Waals surface area contributed by atoms with Gasteiger partial charge in [0, 0.05) is 32.7 Å². The average Bonchev–Trinajstić information content (AvgIpc) is 3.47. The van der Waals surface area contributed by atoms with Gasteiger partial charge in [0.15, 0.2) is 0 Å². The van der Waals surface area contributed by atoms with E-state index in [2.05, 4.69) is 71.6 Å². The molecule has 0 aliphatic rings. The summed E-state index contributed by atoms with van der Waals surface area (Å²) in [7, 11) is 0. The predicted molar refractivity (Wildman–Crippen MR) is 186 cm³/mol. The Balaban J connectivity index is 1.36. The highest BCUT2D eigenvalue weighted by atomic mass is 16.3. The van der Waals surface area contributed by atoms with Crippen molar-refractivity contribution in [1.29, 1.82) is 5.26 Å². The van der Waals surface area contributed by atoms with Crippen LogP contribution in [0.2, 0.25) is 0 Å². The van der Waals surface area contributed by atoms with Crippen LogP contribution in [0, 0.1) is 17.9 Å². The summed E-state index contributed by atoms with van der Waals surface area (Å²) in [5.74, 6) is 0. The van der Waals surface area contributed by atoms with E-state index in [0.29, 0.717) is 11.3 Å². The second-order valence-electron chi connectivity index (χ2n) is 11.4. The molecular formula is C42H22N2O. The molecule has 0 bridgehead atoms. The SMILES string of the molecule is [C-]#[N+]c1c2ccccc2c(-c2ccc3c(c2)oc2c(-c4c5ccccc5c(C#N)c5ccccc45)cccc23)c2ccccc12. The van der Waals surface area contributed by atoms with Crippen LogP contribution in [0.3, 0.4) is 0 Å². The molecule has 0 atom stereocenters. The van der Waals surface area contributed by atoms with Crippen molar-refractivity contribution in [2.75, 3.05) is 0 Å². The molecule has 3 nitrogen and oxygen atoms in total. The number of rotatable bonds is 2. The van der Waals surface area contributed by atoms with Crippen LogP contribution in [0.15, 0.2) is 138 Å². The minimum atomic E-state index is 0.682. The molecule has 206 valence electrons. The molecule has 0 unspecified atom stereocenters. The number of hydrogen-bond donors (Lipinski definition) is 0.